The van der Waals surface area contributed by atoms with Gasteiger partial charge in [-0.3, -0.25) is 9.69 Å². The number of benzene rings is 2. The number of hydrogen-bond donors (Lipinski definition) is 1. The number of likely N-dealkylation sites (N-methyl/N-ethyl adjacent to an activating group) is 1. The van der Waals surface area contributed by atoms with Gasteiger partial charge in [0, 0.05) is 19.7 Å². The van der Waals surface area contributed by atoms with E-state index in [1.165, 1.54) is 7.05 Å². The molecule has 0 aromatic heterocycles. The van der Waals surface area contributed by atoms with Crippen molar-refractivity contribution in [3.05, 3.63) is 54.1 Å². The molecule has 2 aromatic rings. The molecule has 1 saturated heterocycles. The van der Waals surface area contributed by atoms with E-state index < -0.39 is 17.2 Å². The normalized spacial score (nSPS) is 29.8. The highest BCUT2D eigenvalue weighted by Gasteiger charge is 2.70. The van der Waals surface area contributed by atoms with Gasteiger partial charge in [0.05, 0.1) is 6.10 Å². The Morgan fingerprint density at radius 1 is 1.07 bits per heavy atom. The van der Waals surface area contributed by atoms with Crippen molar-refractivity contribution < 1.29 is 23.8 Å². The average Bonchev–Trinajstić information content (AvgIpc) is 3.16. The predicted molar refractivity (Wildman–Crippen MR) is 109 cm³/mol. The number of ether oxygens (including phenoxy) is 3. The molecule has 3 aliphatic rings. The van der Waals surface area contributed by atoms with Crippen LogP contribution in [0.15, 0.2) is 48.5 Å². The number of fused-ring (bicyclic) bond motifs is 3. The minimum absolute atomic E-state index is 0.127. The molecule has 1 unspecified atom stereocenters. The molecule has 0 radical (unpaired) electrons. The molecule has 1 aliphatic carbocycles. The minimum atomic E-state index is -1.26. The predicted octanol–water partition coefficient (Wildman–Crippen LogP) is 3.58. The summed E-state index contributed by atoms with van der Waals surface area (Å²) in [5.41, 5.74) is -1.45. The second-order valence-corrected chi connectivity index (χ2v) is 8.15. The van der Waals surface area contributed by atoms with E-state index in [1.54, 1.807) is 7.11 Å². The van der Waals surface area contributed by atoms with Crippen molar-refractivity contribution in [3.8, 4) is 17.2 Å². The van der Waals surface area contributed by atoms with Crippen molar-refractivity contribution in [1.29, 1.82) is 0 Å². The van der Waals surface area contributed by atoms with Crippen molar-refractivity contribution in [2.45, 2.75) is 42.9 Å². The molecule has 2 fully saturated rings. The van der Waals surface area contributed by atoms with Gasteiger partial charge in [0.1, 0.15) is 22.8 Å². The van der Waals surface area contributed by atoms with Crippen molar-refractivity contribution in [1.82, 2.24) is 10.2 Å². The van der Waals surface area contributed by atoms with E-state index in [-0.39, 0.29) is 12.0 Å². The van der Waals surface area contributed by atoms with Crippen LogP contribution in [-0.2, 0) is 15.1 Å². The summed E-state index contributed by atoms with van der Waals surface area (Å²) in [6.07, 6.45) is 2.85. The van der Waals surface area contributed by atoms with Crippen LogP contribution in [0.3, 0.4) is 0 Å². The molecule has 2 aliphatic heterocycles. The van der Waals surface area contributed by atoms with Crippen LogP contribution >= 0.6 is 0 Å². The highest BCUT2D eigenvalue weighted by molar-refractivity contribution is 6.09. The van der Waals surface area contributed by atoms with Gasteiger partial charge < -0.3 is 19.5 Å². The van der Waals surface area contributed by atoms with Crippen LogP contribution in [0.1, 0.15) is 31.2 Å². The maximum absolute atomic E-state index is 13.5. The van der Waals surface area contributed by atoms with Crippen molar-refractivity contribution in [2.75, 3.05) is 14.2 Å². The zero-order valence-corrected chi connectivity index (χ0v) is 17.0. The fourth-order valence-electron chi connectivity index (χ4n) is 5.01. The fourth-order valence-corrected chi connectivity index (χ4v) is 5.01. The molecule has 1 saturated carbocycles. The topological polar surface area (TPSA) is 77.1 Å². The Balaban J connectivity index is 1.59. The van der Waals surface area contributed by atoms with Gasteiger partial charge in [-0.1, -0.05) is 18.2 Å². The number of rotatable bonds is 3. The maximum Gasteiger partial charge on any atom is 0.325 e. The molecule has 7 heteroatoms. The van der Waals surface area contributed by atoms with Gasteiger partial charge in [0.25, 0.3) is 5.91 Å². The summed E-state index contributed by atoms with van der Waals surface area (Å²) in [4.78, 5) is 27.2. The second-order valence-electron chi connectivity index (χ2n) is 8.15. The Kier molecular flexibility index (Phi) is 4.25. The number of nitrogens with one attached hydrogen (secondary N) is 1. The number of amides is 3. The van der Waals surface area contributed by atoms with Crippen LogP contribution in [0.5, 0.6) is 17.2 Å². The number of hydrogen-bond acceptors (Lipinski definition) is 5. The van der Waals surface area contributed by atoms with Gasteiger partial charge >= 0.3 is 6.03 Å². The standard InChI is InChI=1S/C23H24N2O5/c1-25-20(26)23(24-21(25)27)18-14-17(29-16-6-4-3-5-7-16)8-9-19(18)30-22(23)12-10-15(28-2)11-13-22/h3-9,14-15H,10-13H2,1-2H3,(H,24,27). The molecule has 5 rings (SSSR count). The third-order valence-corrected chi connectivity index (χ3v) is 6.62. The number of methoxy groups -OCH3 is 1. The summed E-state index contributed by atoms with van der Waals surface area (Å²) < 4.78 is 18.0. The summed E-state index contributed by atoms with van der Waals surface area (Å²) in [6, 6.07) is 14.5. The third kappa shape index (κ3) is 2.55. The largest absolute Gasteiger partial charge is 0.483 e. The summed E-state index contributed by atoms with van der Waals surface area (Å²) in [7, 11) is 3.20. The molecule has 2 heterocycles. The third-order valence-electron chi connectivity index (χ3n) is 6.62. The van der Waals surface area contributed by atoms with Crippen LogP contribution in [0.4, 0.5) is 4.79 Å². The van der Waals surface area contributed by atoms with Gasteiger partial charge in [-0.25, -0.2) is 4.79 Å². The Morgan fingerprint density at radius 2 is 1.80 bits per heavy atom. The quantitative estimate of drug-likeness (QED) is 0.786. The summed E-state index contributed by atoms with van der Waals surface area (Å²) >= 11 is 0. The van der Waals surface area contributed by atoms with Crippen LogP contribution in [0.2, 0.25) is 0 Å². The molecule has 2 spiro atoms. The molecular formula is C23H24N2O5. The van der Waals surface area contributed by atoms with E-state index in [0.29, 0.717) is 35.7 Å². The van der Waals surface area contributed by atoms with Gasteiger partial charge in [0.15, 0.2) is 5.54 Å². The monoisotopic (exact) mass is 408 g/mol. The minimum Gasteiger partial charge on any atom is -0.483 e. The average molecular weight is 408 g/mol. The van der Waals surface area contributed by atoms with Crippen LogP contribution in [-0.4, -0.2) is 42.7 Å². The lowest BCUT2D eigenvalue weighted by Crippen LogP contribution is -2.62. The summed E-state index contributed by atoms with van der Waals surface area (Å²) in [5, 5.41) is 2.99. The van der Waals surface area contributed by atoms with E-state index in [1.807, 2.05) is 48.5 Å². The van der Waals surface area contributed by atoms with Crippen LogP contribution < -0.4 is 14.8 Å². The maximum atomic E-state index is 13.5. The van der Waals surface area contributed by atoms with E-state index in [0.717, 1.165) is 17.7 Å². The first-order chi connectivity index (χ1) is 14.5. The molecule has 1 atom stereocenters. The molecule has 7 nitrogen and oxygen atoms in total. The zero-order chi connectivity index (χ0) is 20.9. The van der Waals surface area contributed by atoms with Crippen molar-refractivity contribution >= 4 is 11.9 Å². The van der Waals surface area contributed by atoms with Crippen molar-refractivity contribution in [3.63, 3.8) is 0 Å². The molecule has 0 bridgehead atoms. The van der Waals surface area contributed by atoms with E-state index in [4.69, 9.17) is 14.2 Å². The fraction of sp³-hybridized carbons (Fsp3) is 0.391. The Bertz CT molecular complexity index is 1000. The molecule has 1 N–H and O–H groups in total. The lowest BCUT2D eigenvalue weighted by Gasteiger charge is -2.44. The van der Waals surface area contributed by atoms with E-state index in [2.05, 4.69) is 5.32 Å². The van der Waals surface area contributed by atoms with Crippen LogP contribution in [0.25, 0.3) is 0 Å². The highest BCUT2D eigenvalue weighted by atomic mass is 16.5. The molecule has 156 valence electrons. The first-order valence-corrected chi connectivity index (χ1v) is 10.2. The Labute approximate surface area is 174 Å². The zero-order valence-electron chi connectivity index (χ0n) is 17.0. The first kappa shape index (κ1) is 18.9. The van der Waals surface area contributed by atoms with E-state index in [9.17, 15) is 9.59 Å². The number of para-hydroxylation sites is 1. The number of urea groups is 1. The smallest absolute Gasteiger partial charge is 0.325 e. The van der Waals surface area contributed by atoms with Gasteiger partial charge in [-0.2, -0.15) is 0 Å². The van der Waals surface area contributed by atoms with Gasteiger partial charge in [-0.05, 0) is 56.0 Å². The SMILES string of the molecule is COC1CCC2(CC1)Oc1ccc(Oc3ccccc3)cc1C21NC(=O)N(C)C1=O. The van der Waals surface area contributed by atoms with Crippen LogP contribution in [0, 0.1) is 0 Å². The molecule has 2 aromatic carbocycles. The lowest BCUT2D eigenvalue weighted by molar-refractivity contribution is -0.141. The lowest BCUT2D eigenvalue weighted by atomic mass is 9.68. The summed E-state index contributed by atoms with van der Waals surface area (Å²) in [5.74, 6) is 1.59. The first-order valence-electron chi connectivity index (χ1n) is 10.2. The molecule has 30 heavy (non-hydrogen) atoms. The Hall–Kier alpha value is -3.06. The molecular weight excluding hydrogens is 384 g/mol. The second kappa shape index (κ2) is 6.74. The summed E-state index contributed by atoms with van der Waals surface area (Å²) in [6.45, 7) is 0. The van der Waals surface area contributed by atoms with E-state index >= 15 is 0 Å². The Morgan fingerprint density at radius 3 is 2.43 bits per heavy atom. The number of imide groups is 1. The molecule has 3 amide bonds. The van der Waals surface area contributed by atoms with Crippen molar-refractivity contribution in [2.24, 2.45) is 0 Å². The van der Waals surface area contributed by atoms with Gasteiger partial charge in [-0.15, -0.1) is 0 Å². The number of carbonyl (C=O) groups is 2. The highest BCUT2D eigenvalue weighted by Crippen LogP contribution is 2.57. The van der Waals surface area contributed by atoms with Gasteiger partial charge in [0.2, 0.25) is 0 Å². The number of carbonyl (C=O) groups excluding carboxylic acids is 2. The number of nitrogens with zero attached hydrogens (tertiary/aromatic N) is 1.